The number of urea groups is 1. The number of carboxylic acids is 1. The molecule has 4 fully saturated rings. The number of rotatable bonds is 5. The van der Waals surface area contributed by atoms with E-state index in [4.69, 9.17) is 4.84 Å². The zero-order chi connectivity index (χ0) is 21.8. The van der Waals surface area contributed by atoms with Gasteiger partial charge in [-0.1, -0.05) is 43.2 Å². The Morgan fingerprint density at radius 3 is 2.29 bits per heavy atom. The number of hydroxylamine groups is 2. The van der Waals surface area contributed by atoms with Crippen molar-refractivity contribution in [3.8, 4) is 0 Å². The third-order valence-electron chi connectivity index (χ3n) is 7.18. The standard InChI is InChI=1S/C22H25N3O6/c26-18-16-8-4-5-9-17(16)19(27)24(18)22(20(28)29)11-10-15-12-23(22)21(30)25(15)31-13-14-6-2-1-3-7-14/h1-3,6-7,15-17H,4-5,8-13H2,(H,28,29)/t15-,16-,17+,22-/m1/s1. The molecule has 5 rings (SSSR count). The average Bonchev–Trinajstić information content (AvgIpc) is 3.20. The second-order valence-corrected chi connectivity index (χ2v) is 8.80. The lowest BCUT2D eigenvalue weighted by Gasteiger charge is -2.44. The third kappa shape index (κ3) is 2.86. The molecule has 3 aliphatic heterocycles. The van der Waals surface area contributed by atoms with Crippen LogP contribution < -0.4 is 0 Å². The van der Waals surface area contributed by atoms with Crippen LogP contribution in [0.4, 0.5) is 4.79 Å². The number of carboxylic acid groups (broad SMARTS) is 1. The molecule has 164 valence electrons. The quantitative estimate of drug-likeness (QED) is 0.720. The average molecular weight is 427 g/mol. The smallest absolute Gasteiger partial charge is 0.351 e. The SMILES string of the molecule is O=C1N(OCc2ccccc2)[C@@H]2CC[C@](C(=O)O)(N3C(=O)[C@H]4CCCC[C@H]4C3=O)N1C2. The molecule has 1 saturated carbocycles. The summed E-state index contributed by atoms with van der Waals surface area (Å²) in [6, 6.07) is 8.43. The lowest BCUT2D eigenvalue weighted by atomic mass is 9.81. The summed E-state index contributed by atoms with van der Waals surface area (Å²) in [6.07, 6.45) is 3.20. The number of fused-ring (bicyclic) bond motifs is 3. The van der Waals surface area contributed by atoms with Crippen molar-refractivity contribution in [3.05, 3.63) is 35.9 Å². The molecule has 1 aliphatic carbocycles. The zero-order valence-electron chi connectivity index (χ0n) is 17.1. The molecule has 0 spiro atoms. The van der Waals surface area contributed by atoms with Crippen LogP contribution in [0.2, 0.25) is 0 Å². The second kappa shape index (κ2) is 7.33. The van der Waals surface area contributed by atoms with E-state index in [1.807, 2.05) is 30.3 Å². The van der Waals surface area contributed by atoms with Crippen LogP contribution in [0.3, 0.4) is 0 Å². The number of amides is 4. The maximum Gasteiger partial charge on any atom is 0.351 e. The number of piperidine rings is 1. The van der Waals surface area contributed by atoms with E-state index in [9.17, 15) is 24.3 Å². The van der Waals surface area contributed by atoms with Gasteiger partial charge in [-0.05, 0) is 24.8 Å². The van der Waals surface area contributed by atoms with E-state index in [0.29, 0.717) is 19.3 Å². The highest BCUT2D eigenvalue weighted by atomic mass is 16.7. The molecule has 0 aromatic heterocycles. The first-order chi connectivity index (χ1) is 14.9. The van der Waals surface area contributed by atoms with Gasteiger partial charge in [0.25, 0.3) is 0 Å². The summed E-state index contributed by atoms with van der Waals surface area (Å²) in [4.78, 5) is 60.0. The van der Waals surface area contributed by atoms with Gasteiger partial charge < -0.3 is 5.11 Å². The molecule has 0 radical (unpaired) electrons. The molecule has 3 saturated heterocycles. The van der Waals surface area contributed by atoms with Gasteiger partial charge in [-0.2, -0.15) is 5.06 Å². The number of imide groups is 1. The highest BCUT2D eigenvalue weighted by Gasteiger charge is 2.67. The molecule has 0 unspecified atom stereocenters. The Morgan fingerprint density at radius 1 is 1.03 bits per heavy atom. The third-order valence-corrected chi connectivity index (χ3v) is 7.18. The van der Waals surface area contributed by atoms with Crippen LogP contribution in [0.25, 0.3) is 0 Å². The number of hydrogen-bond acceptors (Lipinski definition) is 5. The van der Waals surface area contributed by atoms with Crippen molar-refractivity contribution in [1.82, 2.24) is 14.9 Å². The molecular weight excluding hydrogens is 402 g/mol. The monoisotopic (exact) mass is 427 g/mol. The Kier molecular flexibility index (Phi) is 4.73. The van der Waals surface area contributed by atoms with Crippen LogP contribution in [0, 0.1) is 11.8 Å². The van der Waals surface area contributed by atoms with Gasteiger partial charge in [-0.3, -0.25) is 19.3 Å². The molecule has 4 atom stereocenters. The van der Waals surface area contributed by atoms with Gasteiger partial charge in [0, 0.05) is 13.0 Å². The van der Waals surface area contributed by atoms with Crippen molar-refractivity contribution in [2.45, 2.75) is 56.8 Å². The fourth-order valence-electron chi connectivity index (χ4n) is 5.62. The summed E-state index contributed by atoms with van der Waals surface area (Å²) in [5.74, 6) is -3.19. The predicted octanol–water partition coefficient (Wildman–Crippen LogP) is 1.97. The minimum absolute atomic E-state index is 0.000850. The fraction of sp³-hybridized carbons (Fsp3) is 0.545. The number of carbonyl (C=O) groups is 4. The molecule has 9 heteroatoms. The van der Waals surface area contributed by atoms with Gasteiger partial charge in [-0.15, -0.1) is 0 Å². The summed E-state index contributed by atoms with van der Waals surface area (Å²) in [5.41, 5.74) is -1.10. The first kappa shape index (κ1) is 20.0. The van der Waals surface area contributed by atoms with Gasteiger partial charge in [-0.25, -0.2) is 14.5 Å². The Bertz CT molecular complexity index is 912. The fourth-order valence-corrected chi connectivity index (χ4v) is 5.62. The van der Waals surface area contributed by atoms with Crippen LogP contribution >= 0.6 is 0 Å². The van der Waals surface area contributed by atoms with E-state index < -0.39 is 41.3 Å². The summed E-state index contributed by atoms with van der Waals surface area (Å²) in [7, 11) is 0. The van der Waals surface area contributed by atoms with E-state index >= 15 is 0 Å². The summed E-state index contributed by atoms with van der Waals surface area (Å²) in [6.45, 7) is 0.273. The second-order valence-electron chi connectivity index (χ2n) is 8.80. The Hall–Kier alpha value is -2.94. The summed E-state index contributed by atoms with van der Waals surface area (Å²) >= 11 is 0. The summed E-state index contributed by atoms with van der Waals surface area (Å²) in [5, 5.41) is 11.5. The summed E-state index contributed by atoms with van der Waals surface area (Å²) < 4.78 is 0. The molecule has 9 nitrogen and oxygen atoms in total. The van der Waals surface area contributed by atoms with Crippen LogP contribution in [0.5, 0.6) is 0 Å². The van der Waals surface area contributed by atoms with Crippen LogP contribution in [0.15, 0.2) is 30.3 Å². The molecular formula is C22H25N3O6. The van der Waals surface area contributed by atoms with Crippen molar-refractivity contribution in [3.63, 3.8) is 0 Å². The number of carbonyl (C=O) groups excluding carboxylic acids is 3. The number of hydrogen-bond donors (Lipinski definition) is 1. The van der Waals surface area contributed by atoms with E-state index in [0.717, 1.165) is 28.2 Å². The minimum Gasteiger partial charge on any atom is -0.478 e. The van der Waals surface area contributed by atoms with E-state index in [1.54, 1.807) is 0 Å². The van der Waals surface area contributed by atoms with Gasteiger partial charge >= 0.3 is 12.0 Å². The number of likely N-dealkylation sites (tertiary alicyclic amines) is 1. The maximum absolute atomic E-state index is 13.2. The maximum atomic E-state index is 13.2. The van der Waals surface area contributed by atoms with Crippen LogP contribution in [-0.4, -0.2) is 62.0 Å². The van der Waals surface area contributed by atoms with Gasteiger partial charge in [0.2, 0.25) is 17.5 Å². The zero-order valence-corrected chi connectivity index (χ0v) is 17.1. The molecule has 1 N–H and O–H groups in total. The first-order valence-corrected chi connectivity index (χ1v) is 10.8. The van der Waals surface area contributed by atoms with Gasteiger partial charge in [0.1, 0.15) is 6.61 Å². The minimum atomic E-state index is -1.98. The van der Waals surface area contributed by atoms with E-state index in [2.05, 4.69) is 0 Å². The van der Waals surface area contributed by atoms with Crippen LogP contribution in [0.1, 0.15) is 44.1 Å². The molecule has 2 bridgehead atoms. The molecule has 4 amide bonds. The normalized spacial score (nSPS) is 32.6. The van der Waals surface area contributed by atoms with Crippen LogP contribution in [-0.2, 0) is 25.8 Å². The highest BCUT2D eigenvalue weighted by molar-refractivity contribution is 6.09. The largest absolute Gasteiger partial charge is 0.478 e. The number of nitrogens with zero attached hydrogens (tertiary/aromatic N) is 3. The topological polar surface area (TPSA) is 107 Å². The van der Waals surface area contributed by atoms with E-state index in [1.165, 1.54) is 5.06 Å². The van der Waals surface area contributed by atoms with Gasteiger partial charge in [0.05, 0.1) is 17.9 Å². The lowest BCUT2D eigenvalue weighted by Crippen LogP contribution is -2.69. The van der Waals surface area contributed by atoms with Crippen molar-refractivity contribution in [2.24, 2.45) is 11.8 Å². The van der Waals surface area contributed by atoms with Crippen molar-refractivity contribution in [2.75, 3.05) is 6.54 Å². The molecule has 1 aromatic rings. The number of benzene rings is 1. The molecule has 1 aromatic carbocycles. The number of aliphatic carboxylic acids is 1. The highest BCUT2D eigenvalue weighted by Crippen LogP contribution is 2.46. The van der Waals surface area contributed by atoms with E-state index in [-0.39, 0.29) is 25.6 Å². The molecule has 31 heavy (non-hydrogen) atoms. The molecule has 3 heterocycles. The van der Waals surface area contributed by atoms with Gasteiger partial charge in [0.15, 0.2) is 0 Å². The Morgan fingerprint density at radius 2 is 1.68 bits per heavy atom. The lowest BCUT2D eigenvalue weighted by molar-refractivity contribution is -0.177. The van der Waals surface area contributed by atoms with Crippen molar-refractivity contribution in [1.29, 1.82) is 0 Å². The molecule has 4 aliphatic rings. The Labute approximate surface area is 179 Å². The predicted molar refractivity (Wildman–Crippen MR) is 106 cm³/mol. The first-order valence-electron chi connectivity index (χ1n) is 10.8. The van der Waals surface area contributed by atoms with Crippen molar-refractivity contribution >= 4 is 23.8 Å². The van der Waals surface area contributed by atoms with Crippen molar-refractivity contribution < 1.29 is 29.1 Å². The Balaban J connectivity index is 1.43.